The summed E-state index contributed by atoms with van der Waals surface area (Å²) in [6.45, 7) is 5.96. The number of nitrogens with one attached hydrogen (secondary N) is 2. The second kappa shape index (κ2) is 12.7. The van der Waals surface area contributed by atoms with E-state index in [0.717, 1.165) is 12.0 Å². The molecule has 9 heteroatoms. The van der Waals surface area contributed by atoms with Crippen molar-refractivity contribution in [2.24, 2.45) is 11.0 Å². The van der Waals surface area contributed by atoms with Gasteiger partial charge in [-0.2, -0.15) is 5.10 Å². The molecule has 8 nitrogen and oxygen atoms in total. The zero-order valence-corrected chi connectivity index (χ0v) is 21.0. The van der Waals surface area contributed by atoms with Crippen LogP contribution in [0.25, 0.3) is 11.3 Å². The van der Waals surface area contributed by atoms with E-state index >= 15 is 0 Å². The molecule has 0 aliphatic rings. The van der Waals surface area contributed by atoms with Crippen LogP contribution in [0.1, 0.15) is 53.7 Å². The summed E-state index contributed by atoms with van der Waals surface area (Å²) in [5, 5.41) is 7.20. The van der Waals surface area contributed by atoms with Crippen LogP contribution in [0, 0.1) is 5.92 Å². The highest BCUT2D eigenvalue weighted by Crippen LogP contribution is 2.22. The van der Waals surface area contributed by atoms with Gasteiger partial charge in [0.25, 0.3) is 11.8 Å². The number of amides is 2. The monoisotopic (exact) mass is 509 g/mol. The molecule has 0 saturated carbocycles. The number of nitrogens with zero attached hydrogens (tertiary/aromatic N) is 1. The Morgan fingerprint density at radius 3 is 2.31 bits per heavy atom. The first-order valence-corrected chi connectivity index (χ1v) is 11.9. The molecule has 1 unspecified atom stereocenters. The summed E-state index contributed by atoms with van der Waals surface area (Å²) >= 11 is 5.86. The van der Waals surface area contributed by atoms with Crippen molar-refractivity contribution >= 4 is 35.6 Å². The molecule has 0 spiro atoms. The van der Waals surface area contributed by atoms with Gasteiger partial charge in [-0.15, -0.1) is 0 Å². The third-order valence-corrected chi connectivity index (χ3v) is 5.43. The fourth-order valence-corrected chi connectivity index (χ4v) is 3.34. The SMILES string of the molecule is CCCOC(=O)c1ccc(-c2ccc(C=NNC(=O)C(NC(=O)c3ccc(Cl)cc3)C(C)C)o2)cc1. The van der Waals surface area contributed by atoms with Gasteiger partial charge in [-0.3, -0.25) is 9.59 Å². The fraction of sp³-hybridized carbons (Fsp3) is 0.259. The Labute approximate surface area is 214 Å². The van der Waals surface area contributed by atoms with Crippen molar-refractivity contribution in [2.45, 2.75) is 33.2 Å². The Bertz CT molecular complexity index is 1220. The maximum absolute atomic E-state index is 12.6. The van der Waals surface area contributed by atoms with E-state index in [9.17, 15) is 14.4 Å². The quantitative estimate of drug-likeness (QED) is 0.225. The van der Waals surface area contributed by atoms with Crippen molar-refractivity contribution in [3.05, 3.63) is 82.6 Å². The van der Waals surface area contributed by atoms with Crippen LogP contribution in [0.15, 0.2) is 70.2 Å². The largest absolute Gasteiger partial charge is 0.462 e. The second-order valence-electron chi connectivity index (χ2n) is 8.35. The molecule has 2 amide bonds. The summed E-state index contributed by atoms with van der Waals surface area (Å²) < 4.78 is 10.9. The van der Waals surface area contributed by atoms with Gasteiger partial charge in [0.15, 0.2) is 0 Å². The maximum Gasteiger partial charge on any atom is 0.338 e. The van der Waals surface area contributed by atoms with E-state index in [1.807, 2.05) is 20.8 Å². The van der Waals surface area contributed by atoms with Crippen molar-refractivity contribution < 1.29 is 23.5 Å². The molecule has 1 aromatic heterocycles. The van der Waals surface area contributed by atoms with Crippen LogP contribution < -0.4 is 10.7 Å². The summed E-state index contributed by atoms with van der Waals surface area (Å²) in [5.41, 5.74) is 4.08. The molecule has 0 radical (unpaired) electrons. The van der Waals surface area contributed by atoms with Crippen LogP contribution in [0.5, 0.6) is 0 Å². The molecule has 2 aromatic carbocycles. The standard InChI is InChI=1S/C27H28ClN3O5/c1-4-15-35-27(34)20-7-5-18(6-8-20)23-14-13-22(36-23)16-29-31-26(33)24(17(2)3)30-25(32)19-9-11-21(28)12-10-19/h5-14,16-17,24H,4,15H2,1-3H3,(H,30,32)(H,31,33). The number of benzene rings is 2. The minimum Gasteiger partial charge on any atom is -0.462 e. The number of ether oxygens (including phenoxy) is 1. The number of carbonyl (C=O) groups is 3. The van der Waals surface area contributed by atoms with E-state index in [2.05, 4.69) is 15.8 Å². The Balaban J connectivity index is 1.58. The van der Waals surface area contributed by atoms with Gasteiger partial charge in [-0.1, -0.05) is 44.5 Å². The number of hydrazone groups is 1. The van der Waals surface area contributed by atoms with Crippen LogP contribution in [-0.4, -0.2) is 36.6 Å². The predicted molar refractivity (Wildman–Crippen MR) is 138 cm³/mol. The first kappa shape index (κ1) is 26.7. The third-order valence-electron chi connectivity index (χ3n) is 5.18. The molecule has 1 heterocycles. The number of hydrogen-bond donors (Lipinski definition) is 2. The Morgan fingerprint density at radius 1 is 1.00 bits per heavy atom. The van der Waals surface area contributed by atoms with Gasteiger partial charge >= 0.3 is 5.97 Å². The van der Waals surface area contributed by atoms with Gasteiger partial charge in [0.1, 0.15) is 17.6 Å². The lowest BCUT2D eigenvalue weighted by atomic mass is 10.0. The summed E-state index contributed by atoms with van der Waals surface area (Å²) in [4.78, 5) is 37.1. The van der Waals surface area contributed by atoms with E-state index in [-0.39, 0.29) is 17.8 Å². The molecule has 36 heavy (non-hydrogen) atoms. The van der Waals surface area contributed by atoms with E-state index in [4.69, 9.17) is 20.8 Å². The summed E-state index contributed by atoms with van der Waals surface area (Å²) in [6.07, 6.45) is 2.13. The summed E-state index contributed by atoms with van der Waals surface area (Å²) in [5.74, 6) is -0.385. The molecule has 0 aliphatic heterocycles. The second-order valence-corrected chi connectivity index (χ2v) is 8.79. The highest BCUT2D eigenvalue weighted by molar-refractivity contribution is 6.30. The molecule has 1 atom stereocenters. The summed E-state index contributed by atoms with van der Waals surface area (Å²) in [6, 6.07) is 15.9. The highest BCUT2D eigenvalue weighted by Gasteiger charge is 2.24. The average molecular weight is 510 g/mol. The molecule has 3 aromatic rings. The number of carbonyl (C=O) groups excluding carboxylic acids is 3. The molecular weight excluding hydrogens is 482 g/mol. The van der Waals surface area contributed by atoms with Gasteiger partial charge in [0.2, 0.25) is 0 Å². The topological polar surface area (TPSA) is 110 Å². The van der Waals surface area contributed by atoms with E-state index < -0.39 is 11.9 Å². The fourth-order valence-electron chi connectivity index (χ4n) is 3.22. The number of hydrogen-bond acceptors (Lipinski definition) is 6. The van der Waals surface area contributed by atoms with E-state index in [0.29, 0.717) is 34.3 Å². The van der Waals surface area contributed by atoms with E-state index in [1.54, 1.807) is 60.7 Å². The number of esters is 1. The average Bonchev–Trinajstić information content (AvgIpc) is 3.34. The zero-order valence-electron chi connectivity index (χ0n) is 20.3. The molecular formula is C27H28ClN3O5. The van der Waals surface area contributed by atoms with Gasteiger partial charge in [-0.25, -0.2) is 10.2 Å². The Morgan fingerprint density at radius 2 is 1.67 bits per heavy atom. The molecule has 3 rings (SSSR count). The van der Waals surface area contributed by atoms with Crippen LogP contribution in [0.2, 0.25) is 5.02 Å². The first-order valence-electron chi connectivity index (χ1n) is 11.5. The van der Waals surface area contributed by atoms with Crippen LogP contribution in [0.3, 0.4) is 0 Å². The lowest BCUT2D eigenvalue weighted by Crippen LogP contribution is -2.48. The van der Waals surface area contributed by atoms with Crippen molar-refractivity contribution in [3.8, 4) is 11.3 Å². The van der Waals surface area contributed by atoms with Crippen molar-refractivity contribution in [2.75, 3.05) is 6.61 Å². The van der Waals surface area contributed by atoms with Gasteiger partial charge in [-0.05, 0) is 60.9 Å². The van der Waals surface area contributed by atoms with Gasteiger partial charge in [0.05, 0.1) is 18.4 Å². The van der Waals surface area contributed by atoms with E-state index in [1.165, 1.54) is 6.21 Å². The molecule has 0 bridgehead atoms. The normalized spacial score (nSPS) is 11.9. The van der Waals surface area contributed by atoms with Gasteiger partial charge < -0.3 is 14.5 Å². The number of halogens is 1. The minimum absolute atomic E-state index is 0.172. The maximum atomic E-state index is 12.6. The van der Waals surface area contributed by atoms with Crippen LogP contribution in [-0.2, 0) is 9.53 Å². The minimum atomic E-state index is -0.792. The van der Waals surface area contributed by atoms with Crippen LogP contribution in [0.4, 0.5) is 0 Å². The van der Waals surface area contributed by atoms with Crippen molar-refractivity contribution in [1.29, 1.82) is 0 Å². The predicted octanol–water partition coefficient (Wildman–Crippen LogP) is 5.07. The zero-order chi connectivity index (χ0) is 26.1. The Kier molecular flexibility index (Phi) is 9.41. The lowest BCUT2D eigenvalue weighted by molar-refractivity contribution is -0.123. The van der Waals surface area contributed by atoms with Crippen molar-refractivity contribution in [1.82, 2.24) is 10.7 Å². The van der Waals surface area contributed by atoms with Gasteiger partial charge in [0, 0.05) is 16.1 Å². The first-order chi connectivity index (χ1) is 17.3. The summed E-state index contributed by atoms with van der Waals surface area (Å²) in [7, 11) is 0. The lowest BCUT2D eigenvalue weighted by Gasteiger charge is -2.20. The molecule has 188 valence electrons. The molecule has 2 N–H and O–H groups in total. The molecule has 0 aliphatic carbocycles. The number of rotatable bonds is 10. The number of furan rings is 1. The third kappa shape index (κ3) is 7.29. The highest BCUT2D eigenvalue weighted by atomic mass is 35.5. The smallest absolute Gasteiger partial charge is 0.338 e. The molecule has 0 saturated heterocycles. The van der Waals surface area contributed by atoms with Crippen molar-refractivity contribution in [3.63, 3.8) is 0 Å². The Hall–Kier alpha value is -3.91. The molecule has 0 fully saturated rings. The van der Waals surface area contributed by atoms with Crippen LogP contribution >= 0.6 is 11.6 Å².